The van der Waals surface area contributed by atoms with Gasteiger partial charge in [-0.05, 0) is 27.7 Å². The van der Waals surface area contributed by atoms with Crippen LogP contribution in [0.1, 0.15) is 30.5 Å². The largest absolute Gasteiger partial charge is 2.00 e. The van der Waals surface area contributed by atoms with Crippen molar-refractivity contribution in [1.82, 2.24) is 0 Å². The van der Waals surface area contributed by atoms with Gasteiger partial charge in [0.25, 0.3) is 0 Å². The summed E-state index contributed by atoms with van der Waals surface area (Å²) in [5.74, 6) is -1.86. The molecular weight excluding hydrogens is 344 g/mol. The average molecular weight is 371 g/mol. The number of rotatable bonds is 8. The first-order valence-electron chi connectivity index (χ1n) is 7.42. The Bertz CT molecular complexity index is 624. The van der Waals surface area contributed by atoms with E-state index < -0.39 is 11.9 Å². The maximum Gasteiger partial charge on any atom is 2.00 e. The molecule has 0 unspecified atom stereocenters. The first kappa shape index (κ1) is 25.6. The van der Waals surface area contributed by atoms with Crippen LogP contribution in [0.15, 0.2) is 83.1 Å². The molecule has 0 aromatic rings. The molecule has 132 valence electrons. The Kier molecular flexibility index (Phi) is 15.1. The second kappa shape index (κ2) is 14.7. The van der Waals surface area contributed by atoms with Gasteiger partial charge in [-0.1, -0.05) is 71.9 Å². The van der Waals surface area contributed by atoms with E-state index in [0.717, 1.165) is 11.1 Å². The van der Waals surface area contributed by atoms with E-state index in [4.69, 9.17) is 10.2 Å². The van der Waals surface area contributed by atoms with Crippen LogP contribution in [0.25, 0.3) is 0 Å². The van der Waals surface area contributed by atoms with Gasteiger partial charge >= 0.3 is 49.7 Å². The summed E-state index contributed by atoms with van der Waals surface area (Å²) in [6.07, 6.45) is 17.7. The van der Waals surface area contributed by atoms with E-state index in [9.17, 15) is 9.59 Å². The molecule has 0 heterocycles. The molecule has 0 fully saturated rings. The van der Waals surface area contributed by atoms with Crippen LogP contribution in [0.2, 0.25) is 0 Å². The van der Waals surface area contributed by atoms with Gasteiger partial charge in [0, 0.05) is 11.1 Å². The van der Waals surface area contributed by atoms with Crippen LogP contribution in [0.3, 0.4) is 0 Å². The summed E-state index contributed by atoms with van der Waals surface area (Å²) < 4.78 is 0. The summed E-state index contributed by atoms with van der Waals surface area (Å²) in [6.45, 7) is 6.92. The Morgan fingerprint density at radius 1 is 0.640 bits per heavy atom. The van der Waals surface area contributed by atoms with Gasteiger partial charge in [0.2, 0.25) is 0 Å². The van der Waals surface area contributed by atoms with Crippen LogP contribution in [0.5, 0.6) is 0 Å². The van der Waals surface area contributed by atoms with Crippen LogP contribution in [-0.2, 0) is 9.59 Å². The monoisotopic (exact) mass is 370 g/mol. The maximum atomic E-state index is 10.6. The zero-order valence-electron chi connectivity index (χ0n) is 17.2. The third kappa shape index (κ3) is 14.4. The molecule has 0 aliphatic carbocycles. The van der Waals surface area contributed by atoms with E-state index in [1.807, 2.05) is 50.3 Å². The summed E-state index contributed by atoms with van der Waals surface area (Å²) in [5.41, 5.74) is 2.55. The molecule has 2 N–H and O–H groups in total. The van der Waals surface area contributed by atoms with Crippen LogP contribution < -0.4 is 0 Å². The number of carboxylic acid groups (broad SMARTS) is 2. The van der Waals surface area contributed by atoms with Gasteiger partial charge in [0.15, 0.2) is 0 Å². The summed E-state index contributed by atoms with van der Waals surface area (Å²) in [7, 11) is 0. The van der Waals surface area contributed by atoms with Gasteiger partial charge in [-0.2, -0.15) is 0 Å². The van der Waals surface area contributed by atoms with Crippen molar-refractivity contribution >= 4 is 49.7 Å². The second-order valence-corrected chi connectivity index (χ2v) is 5.23. The fourth-order valence-electron chi connectivity index (χ4n) is 1.36. The zero-order chi connectivity index (χ0) is 18.5. The molecule has 4 nitrogen and oxygen atoms in total. The quantitative estimate of drug-likeness (QED) is 0.376. The van der Waals surface area contributed by atoms with Gasteiger partial charge in [0.05, 0.1) is 0 Å². The molecule has 0 aliphatic rings. The van der Waals surface area contributed by atoms with Crippen molar-refractivity contribution in [3.8, 4) is 0 Å². The number of aliphatic carboxylic acids is 2. The molecule has 0 saturated carbocycles. The summed E-state index contributed by atoms with van der Waals surface area (Å²) in [4.78, 5) is 21.2. The fourth-order valence-corrected chi connectivity index (χ4v) is 1.36. The zero-order valence-corrected chi connectivity index (χ0v) is 17.4. The molecule has 0 aliphatic heterocycles. The Morgan fingerprint density at radius 2 is 0.960 bits per heavy atom. The van der Waals surface area contributed by atoms with Gasteiger partial charge < -0.3 is 13.1 Å². The minimum Gasteiger partial charge on any atom is -1.00 e. The fraction of sp³-hybridized carbons (Fsp3) is 0.200. The van der Waals surface area contributed by atoms with E-state index in [1.165, 1.54) is 0 Å². The number of hydrogen-bond donors (Lipinski definition) is 2. The summed E-state index contributed by atoms with van der Waals surface area (Å²) in [6, 6.07) is 0. The minimum absolute atomic E-state index is 0. The standard InChI is InChI=1S/C20H24O4.Ca.2H/c1-15(11-7-13-17(3)19(21)22)9-5-6-10-16(2)12-8-14-18(4)20(23)24;;;/h5-14H,1-4H3,(H,21,22)(H,23,24);;;/q;+2;2*-1/b6-5+,11-7+,12-8+,15-9+,16-10+,17-13+,18-14+;;;. The van der Waals surface area contributed by atoms with Crippen LogP contribution in [0.4, 0.5) is 0 Å². The maximum absolute atomic E-state index is 10.6. The van der Waals surface area contributed by atoms with Gasteiger partial charge in [-0.25, -0.2) is 9.59 Å². The van der Waals surface area contributed by atoms with Crippen LogP contribution in [0, 0.1) is 0 Å². The normalized spacial score (nSPS) is 14.4. The molecule has 0 radical (unpaired) electrons. The Labute approximate surface area is 182 Å². The summed E-state index contributed by atoms with van der Waals surface area (Å²) >= 11 is 0. The van der Waals surface area contributed by atoms with Gasteiger partial charge in [0.1, 0.15) is 0 Å². The smallest absolute Gasteiger partial charge is 1.00 e. The predicted octanol–water partition coefficient (Wildman–Crippen LogP) is 4.45. The van der Waals surface area contributed by atoms with Crippen molar-refractivity contribution in [2.45, 2.75) is 27.7 Å². The van der Waals surface area contributed by atoms with E-state index in [1.54, 1.807) is 38.2 Å². The van der Waals surface area contributed by atoms with Crippen molar-refractivity contribution in [1.29, 1.82) is 0 Å². The molecule has 25 heavy (non-hydrogen) atoms. The molecule has 0 bridgehead atoms. The van der Waals surface area contributed by atoms with Crippen molar-refractivity contribution in [3.05, 3.63) is 83.1 Å². The molecule has 0 aromatic heterocycles. The van der Waals surface area contributed by atoms with Crippen LogP contribution in [-0.4, -0.2) is 59.9 Å². The number of carboxylic acids is 2. The third-order valence-corrected chi connectivity index (χ3v) is 2.91. The first-order valence-corrected chi connectivity index (χ1v) is 7.42. The van der Waals surface area contributed by atoms with Gasteiger partial charge in [-0.15, -0.1) is 0 Å². The molecule has 0 amide bonds. The first-order chi connectivity index (χ1) is 11.2. The van der Waals surface area contributed by atoms with Gasteiger partial charge in [-0.3, -0.25) is 0 Å². The minimum atomic E-state index is -0.928. The molecule has 5 heteroatoms. The Hall–Kier alpha value is -1.62. The second-order valence-electron chi connectivity index (χ2n) is 5.23. The predicted molar refractivity (Wildman–Crippen MR) is 106 cm³/mol. The molecule has 0 atom stereocenters. The third-order valence-electron chi connectivity index (χ3n) is 2.91. The molecular formula is C20H26CaO4. The Morgan fingerprint density at radius 3 is 1.24 bits per heavy atom. The molecule has 0 saturated heterocycles. The van der Waals surface area contributed by atoms with Crippen molar-refractivity contribution in [2.24, 2.45) is 0 Å². The van der Waals surface area contributed by atoms with E-state index in [2.05, 4.69) is 0 Å². The van der Waals surface area contributed by atoms with E-state index in [-0.39, 0.29) is 51.7 Å². The van der Waals surface area contributed by atoms with Crippen molar-refractivity contribution < 1.29 is 22.7 Å². The Balaban J connectivity index is -0.000000882. The SMILES string of the molecule is CC(/C=C/C=C(\C)C(=O)O)=C\C=C\C=C(C)\C=C\C=C(/C)C(=O)O.[Ca+2].[H-].[H-]. The van der Waals surface area contributed by atoms with Crippen LogP contribution >= 0.6 is 0 Å². The molecule has 0 aromatic carbocycles. The van der Waals surface area contributed by atoms with Crippen molar-refractivity contribution in [3.63, 3.8) is 0 Å². The van der Waals surface area contributed by atoms with E-state index in [0.29, 0.717) is 0 Å². The number of allylic oxidation sites excluding steroid dienone is 12. The number of hydrogen-bond acceptors (Lipinski definition) is 2. The average Bonchev–Trinajstić information content (AvgIpc) is 2.51. The number of carbonyl (C=O) groups is 2. The molecule has 0 spiro atoms. The van der Waals surface area contributed by atoms with Crippen molar-refractivity contribution in [2.75, 3.05) is 0 Å². The molecule has 0 rings (SSSR count). The summed E-state index contributed by atoms with van der Waals surface area (Å²) in [5, 5.41) is 17.4. The van der Waals surface area contributed by atoms with E-state index >= 15 is 0 Å². The topological polar surface area (TPSA) is 74.6 Å².